The average Bonchev–Trinajstić information content (AvgIpc) is 2.54. The quantitative estimate of drug-likeness (QED) is 0.189. The van der Waals surface area contributed by atoms with Crippen molar-refractivity contribution in [3.05, 3.63) is 0 Å². The molecule has 0 aliphatic heterocycles. The van der Waals surface area contributed by atoms with Crippen LogP contribution in [0.4, 0.5) is 0 Å². The third-order valence-electron chi connectivity index (χ3n) is 2.99. The van der Waals surface area contributed by atoms with E-state index < -0.39 is 54.3 Å². The van der Waals surface area contributed by atoms with Gasteiger partial charge in [0.25, 0.3) is 0 Å². The van der Waals surface area contributed by atoms with Crippen LogP contribution in [0.3, 0.4) is 0 Å². The SMILES string of the molecule is CC(NC(=O)C(CS)NC(=O)CNC(=O)C(N)CCC(=O)O)C(=O)O. The topological polar surface area (TPSA) is 188 Å². The van der Waals surface area contributed by atoms with Crippen molar-refractivity contribution in [1.29, 1.82) is 0 Å². The van der Waals surface area contributed by atoms with Gasteiger partial charge < -0.3 is 31.9 Å². The van der Waals surface area contributed by atoms with Crippen molar-refractivity contribution >= 4 is 42.3 Å². The highest BCUT2D eigenvalue weighted by atomic mass is 32.1. The summed E-state index contributed by atoms with van der Waals surface area (Å²) in [5.74, 6) is -4.57. The smallest absolute Gasteiger partial charge is 0.325 e. The Hall–Kier alpha value is -2.34. The summed E-state index contributed by atoms with van der Waals surface area (Å²) in [5, 5.41) is 23.9. The molecular formula is C13H22N4O7S. The Balaban J connectivity index is 4.37. The molecule has 7 N–H and O–H groups in total. The van der Waals surface area contributed by atoms with Crippen LogP contribution < -0.4 is 21.7 Å². The first-order chi connectivity index (χ1) is 11.6. The van der Waals surface area contributed by atoms with Gasteiger partial charge >= 0.3 is 11.9 Å². The van der Waals surface area contributed by atoms with Gasteiger partial charge in [0.1, 0.15) is 12.1 Å². The Morgan fingerprint density at radius 2 is 1.68 bits per heavy atom. The minimum absolute atomic E-state index is 0.0858. The Morgan fingerprint density at radius 3 is 2.16 bits per heavy atom. The number of hydrogen-bond acceptors (Lipinski definition) is 7. The lowest BCUT2D eigenvalue weighted by Gasteiger charge is -2.18. The monoisotopic (exact) mass is 378 g/mol. The summed E-state index contributed by atoms with van der Waals surface area (Å²) in [4.78, 5) is 56.2. The summed E-state index contributed by atoms with van der Waals surface area (Å²) in [5.41, 5.74) is 5.47. The second-order valence-corrected chi connectivity index (χ2v) is 5.49. The molecule has 0 radical (unpaired) electrons. The van der Waals surface area contributed by atoms with Crippen LogP contribution in [0.5, 0.6) is 0 Å². The number of nitrogens with two attached hydrogens (primary N) is 1. The van der Waals surface area contributed by atoms with E-state index in [1.165, 1.54) is 6.92 Å². The van der Waals surface area contributed by atoms with Crippen molar-refractivity contribution in [2.24, 2.45) is 5.73 Å². The highest BCUT2D eigenvalue weighted by Crippen LogP contribution is 1.95. The fourth-order valence-corrected chi connectivity index (χ4v) is 1.78. The van der Waals surface area contributed by atoms with Crippen LogP contribution in [0.25, 0.3) is 0 Å². The molecule has 0 aliphatic carbocycles. The molecule has 0 saturated heterocycles. The number of amides is 3. The summed E-state index contributed by atoms with van der Waals surface area (Å²) in [6.07, 6.45) is -0.373. The second kappa shape index (κ2) is 11.3. The Bertz CT molecular complexity index is 529. The van der Waals surface area contributed by atoms with Crippen molar-refractivity contribution in [2.75, 3.05) is 12.3 Å². The zero-order chi connectivity index (χ0) is 19.6. The highest BCUT2D eigenvalue weighted by Gasteiger charge is 2.23. The molecule has 12 heteroatoms. The zero-order valence-electron chi connectivity index (χ0n) is 13.5. The first kappa shape index (κ1) is 22.7. The van der Waals surface area contributed by atoms with Gasteiger partial charge in [-0.15, -0.1) is 0 Å². The molecule has 0 aromatic heterocycles. The van der Waals surface area contributed by atoms with E-state index in [0.717, 1.165) is 0 Å². The molecule has 25 heavy (non-hydrogen) atoms. The van der Waals surface area contributed by atoms with E-state index in [0.29, 0.717) is 0 Å². The molecule has 3 amide bonds. The summed E-state index contributed by atoms with van der Waals surface area (Å²) >= 11 is 3.91. The van der Waals surface area contributed by atoms with Gasteiger partial charge in [-0.3, -0.25) is 24.0 Å². The number of aliphatic carboxylic acids is 2. The van der Waals surface area contributed by atoms with Crippen molar-refractivity contribution in [2.45, 2.75) is 37.9 Å². The molecule has 3 unspecified atom stereocenters. The second-order valence-electron chi connectivity index (χ2n) is 5.13. The van der Waals surface area contributed by atoms with E-state index in [1.54, 1.807) is 0 Å². The molecular weight excluding hydrogens is 356 g/mol. The van der Waals surface area contributed by atoms with Crippen LogP contribution in [0.1, 0.15) is 19.8 Å². The lowest BCUT2D eigenvalue weighted by atomic mass is 10.1. The number of carboxylic acids is 2. The molecule has 0 aliphatic rings. The fourth-order valence-electron chi connectivity index (χ4n) is 1.52. The van der Waals surface area contributed by atoms with E-state index in [1.807, 2.05) is 0 Å². The van der Waals surface area contributed by atoms with Gasteiger partial charge in [0.05, 0.1) is 12.6 Å². The van der Waals surface area contributed by atoms with Crippen molar-refractivity contribution in [3.63, 3.8) is 0 Å². The zero-order valence-corrected chi connectivity index (χ0v) is 14.4. The maximum Gasteiger partial charge on any atom is 0.325 e. The normalized spacial score (nSPS) is 13.9. The Morgan fingerprint density at radius 1 is 1.08 bits per heavy atom. The third kappa shape index (κ3) is 9.52. The summed E-state index contributed by atoms with van der Waals surface area (Å²) in [7, 11) is 0. The molecule has 0 heterocycles. The number of rotatable bonds is 11. The number of hydrogen-bond donors (Lipinski definition) is 7. The Labute approximate surface area is 149 Å². The largest absolute Gasteiger partial charge is 0.481 e. The third-order valence-corrected chi connectivity index (χ3v) is 3.36. The highest BCUT2D eigenvalue weighted by molar-refractivity contribution is 7.80. The van der Waals surface area contributed by atoms with Gasteiger partial charge in [-0.25, -0.2) is 0 Å². The van der Waals surface area contributed by atoms with Crippen molar-refractivity contribution in [1.82, 2.24) is 16.0 Å². The minimum atomic E-state index is -1.24. The molecule has 0 rings (SSSR count). The van der Waals surface area contributed by atoms with Crippen molar-refractivity contribution < 1.29 is 34.2 Å². The first-order valence-corrected chi connectivity index (χ1v) is 7.90. The standard InChI is InChI=1S/C13H22N4O7S/c1-6(13(23)24)16-12(22)8(5-25)17-9(18)4-15-11(21)7(14)2-3-10(19)20/h6-8,25H,2-5,14H2,1H3,(H,15,21)(H,16,22)(H,17,18)(H,19,20)(H,23,24). The predicted molar refractivity (Wildman–Crippen MR) is 88.9 cm³/mol. The number of thiol groups is 1. The summed E-state index contributed by atoms with van der Waals surface area (Å²) < 4.78 is 0. The molecule has 3 atom stereocenters. The Kier molecular flexibility index (Phi) is 10.2. The van der Waals surface area contributed by atoms with Gasteiger partial charge in [-0.2, -0.15) is 12.6 Å². The first-order valence-electron chi connectivity index (χ1n) is 7.27. The molecule has 0 aromatic rings. The van der Waals surface area contributed by atoms with Crippen LogP contribution >= 0.6 is 12.6 Å². The van der Waals surface area contributed by atoms with Crippen LogP contribution in [0, 0.1) is 0 Å². The summed E-state index contributed by atoms with van der Waals surface area (Å²) in [6, 6.07) is -3.31. The minimum Gasteiger partial charge on any atom is -0.481 e. The number of carboxylic acid groups (broad SMARTS) is 2. The fraction of sp³-hybridized carbons (Fsp3) is 0.615. The van der Waals surface area contributed by atoms with E-state index in [2.05, 4.69) is 28.6 Å². The average molecular weight is 378 g/mol. The van der Waals surface area contributed by atoms with Gasteiger partial charge in [-0.1, -0.05) is 0 Å². The van der Waals surface area contributed by atoms with Gasteiger partial charge in [0.15, 0.2) is 0 Å². The van der Waals surface area contributed by atoms with Crippen LogP contribution in [-0.2, 0) is 24.0 Å². The van der Waals surface area contributed by atoms with Crippen LogP contribution in [-0.4, -0.2) is 70.3 Å². The number of carbonyl (C=O) groups excluding carboxylic acids is 3. The molecule has 142 valence electrons. The molecule has 0 aromatic carbocycles. The molecule has 0 spiro atoms. The maximum atomic E-state index is 11.8. The van der Waals surface area contributed by atoms with Gasteiger partial charge in [-0.05, 0) is 13.3 Å². The van der Waals surface area contributed by atoms with Crippen LogP contribution in [0.15, 0.2) is 0 Å². The lowest BCUT2D eigenvalue weighted by molar-refractivity contribution is -0.141. The molecule has 0 fully saturated rings. The predicted octanol–water partition coefficient (Wildman–Crippen LogP) is -2.70. The molecule has 0 bridgehead atoms. The van der Waals surface area contributed by atoms with E-state index in [9.17, 15) is 24.0 Å². The van der Waals surface area contributed by atoms with Crippen molar-refractivity contribution in [3.8, 4) is 0 Å². The van der Waals surface area contributed by atoms with E-state index in [-0.39, 0.29) is 18.6 Å². The summed E-state index contributed by atoms with van der Waals surface area (Å²) in [6.45, 7) is 0.780. The number of carbonyl (C=O) groups is 5. The molecule has 0 saturated carbocycles. The number of nitrogens with one attached hydrogen (secondary N) is 3. The van der Waals surface area contributed by atoms with E-state index >= 15 is 0 Å². The maximum absolute atomic E-state index is 11.8. The van der Waals surface area contributed by atoms with Gasteiger partial charge in [0.2, 0.25) is 17.7 Å². The van der Waals surface area contributed by atoms with Gasteiger partial charge in [0, 0.05) is 12.2 Å². The molecule has 11 nitrogen and oxygen atoms in total. The lowest BCUT2D eigenvalue weighted by Crippen LogP contribution is -2.54. The van der Waals surface area contributed by atoms with E-state index in [4.69, 9.17) is 15.9 Å². The van der Waals surface area contributed by atoms with Crippen LogP contribution in [0.2, 0.25) is 0 Å².